The number of rotatable bonds is 8. The summed E-state index contributed by atoms with van der Waals surface area (Å²) in [6.07, 6.45) is 2.89. The Balaban J connectivity index is 3.07. The van der Waals surface area contributed by atoms with Gasteiger partial charge in [-0.05, 0) is 19.3 Å². The van der Waals surface area contributed by atoms with Crippen molar-refractivity contribution in [3.8, 4) is 0 Å². The van der Waals surface area contributed by atoms with Crippen LogP contribution >= 0.6 is 0 Å². The van der Waals surface area contributed by atoms with Gasteiger partial charge in [0.1, 0.15) is 0 Å². The molecule has 0 rings (SSSR count). The highest BCUT2D eigenvalue weighted by Gasteiger charge is 1.96. The first-order valence-electron chi connectivity index (χ1n) is 5.40. The fourth-order valence-corrected chi connectivity index (χ4v) is 0.924. The molecule has 84 valence electrons. The van der Waals surface area contributed by atoms with E-state index in [-0.39, 0.29) is 6.03 Å². The first-order chi connectivity index (χ1) is 6.81. The van der Waals surface area contributed by atoms with Crippen molar-refractivity contribution in [2.45, 2.75) is 33.1 Å². The smallest absolute Gasteiger partial charge is 0.314 e. The van der Waals surface area contributed by atoms with E-state index in [1.165, 1.54) is 0 Å². The minimum absolute atomic E-state index is 0.0812. The third-order valence-corrected chi connectivity index (χ3v) is 1.64. The van der Waals surface area contributed by atoms with Crippen LogP contribution in [0.25, 0.3) is 0 Å². The molecular weight excluding hydrogens is 180 g/mol. The summed E-state index contributed by atoms with van der Waals surface area (Å²) < 4.78 is 5.27. The standard InChI is InChI=1S/C10H22N2O2/c1-3-6-11-10(13)12-7-5-9-14-8-4-2/h3-9H2,1-2H3,(H2,11,12,13). The summed E-state index contributed by atoms with van der Waals surface area (Å²) >= 11 is 0. The normalized spacial score (nSPS) is 9.86. The molecule has 14 heavy (non-hydrogen) atoms. The van der Waals surface area contributed by atoms with Gasteiger partial charge < -0.3 is 15.4 Å². The zero-order chi connectivity index (χ0) is 10.6. The summed E-state index contributed by atoms with van der Waals surface area (Å²) in [6.45, 7) is 7.05. The van der Waals surface area contributed by atoms with Gasteiger partial charge in [-0.25, -0.2) is 4.79 Å². The minimum Gasteiger partial charge on any atom is -0.381 e. The Kier molecular flexibility index (Phi) is 9.74. The molecule has 0 aliphatic heterocycles. The Morgan fingerprint density at radius 1 is 1.07 bits per heavy atom. The molecule has 0 aromatic carbocycles. The molecule has 0 fully saturated rings. The molecule has 0 unspecified atom stereocenters. The van der Waals surface area contributed by atoms with Gasteiger partial charge in [-0.3, -0.25) is 0 Å². The molecule has 4 nitrogen and oxygen atoms in total. The Labute approximate surface area is 86.4 Å². The number of carbonyl (C=O) groups excluding carboxylic acids is 1. The molecule has 0 radical (unpaired) electrons. The molecule has 0 saturated heterocycles. The molecule has 0 aromatic heterocycles. The Hall–Kier alpha value is -0.770. The average Bonchev–Trinajstić information content (AvgIpc) is 2.20. The maximum absolute atomic E-state index is 11.0. The number of ether oxygens (including phenoxy) is 1. The van der Waals surface area contributed by atoms with E-state index in [4.69, 9.17) is 4.74 Å². The quantitative estimate of drug-likeness (QED) is 0.586. The molecule has 0 aromatic rings. The number of hydrogen-bond donors (Lipinski definition) is 2. The molecule has 2 amide bonds. The summed E-state index contributed by atoms with van der Waals surface area (Å²) in [7, 11) is 0. The summed E-state index contributed by atoms with van der Waals surface area (Å²) in [6, 6.07) is -0.0812. The van der Waals surface area contributed by atoms with E-state index in [9.17, 15) is 4.79 Å². The van der Waals surface area contributed by atoms with Crippen LogP contribution < -0.4 is 10.6 Å². The predicted molar refractivity (Wildman–Crippen MR) is 57.4 cm³/mol. The lowest BCUT2D eigenvalue weighted by molar-refractivity contribution is 0.132. The second-order valence-corrected chi connectivity index (χ2v) is 3.15. The summed E-state index contributed by atoms with van der Waals surface area (Å²) in [5, 5.41) is 5.51. The predicted octanol–water partition coefficient (Wildman–Crippen LogP) is 1.51. The number of hydrogen-bond acceptors (Lipinski definition) is 2. The molecule has 4 heteroatoms. The van der Waals surface area contributed by atoms with Crippen molar-refractivity contribution in [2.24, 2.45) is 0 Å². The topological polar surface area (TPSA) is 50.4 Å². The fraction of sp³-hybridized carbons (Fsp3) is 0.900. The van der Waals surface area contributed by atoms with Crippen molar-refractivity contribution < 1.29 is 9.53 Å². The van der Waals surface area contributed by atoms with Gasteiger partial charge >= 0.3 is 6.03 Å². The highest BCUT2D eigenvalue weighted by atomic mass is 16.5. The lowest BCUT2D eigenvalue weighted by Crippen LogP contribution is -2.36. The van der Waals surface area contributed by atoms with E-state index in [2.05, 4.69) is 17.6 Å². The van der Waals surface area contributed by atoms with Crippen molar-refractivity contribution in [2.75, 3.05) is 26.3 Å². The second kappa shape index (κ2) is 10.3. The number of carbonyl (C=O) groups is 1. The number of amides is 2. The molecule has 0 bridgehead atoms. The van der Waals surface area contributed by atoms with Crippen LogP contribution in [-0.4, -0.2) is 32.3 Å². The van der Waals surface area contributed by atoms with Gasteiger partial charge in [-0.1, -0.05) is 13.8 Å². The molecule has 2 N–H and O–H groups in total. The van der Waals surface area contributed by atoms with Crippen LogP contribution in [0.3, 0.4) is 0 Å². The van der Waals surface area contributed by atoms with Crippen molar-refractivity contribution in [3.63, 3.8) is 0 Å². The van der Waals surface area contributed by atoms with Crippen LogP contribution in [0.15, 0.2) is 0 Å². The van der Waals surface area contributed by atoms with Crippen molar-refractivity contribution in [3.05, 3.63) is 0 Å². The molecular formula is C10H22N2O2. The first-order valence-corrected chi connectivity index (χ1v) is 5.40. The van der Waals surface area contributed by atoms with Gasteiger partial charge in [0.05, 0.1) is 0 Å². The van der Waals surface area contributed by atoms with Crippen LogP contribution in [0.4, 0.5) is 4.79 Å². The highest BCUT2D eigenvalue weighted by molar-refractivity contribution is 5.73. The van der Waals surface area contributed by atoms with Crippen LogP contribution in [0.5, 0.6) is 0 Å². The van der Waals surface area contributed by atoms with Gasteiger partial charge in [-0.15, -0.1) is 0 Å². The van der Waals surface area contributed by atoms with Crippen molar-refractivity contribution in [1.29, 1.82) is 0 Å². The lowest BCUT2D eigenvalue weighted by atomic mass is 10.4. The number of urea groups is 1. The van der Waals surface area contributed by atoms with E-state index in [1.807, 2.05) is 6.92 Å². The molecule has 0 aliphatic carbocycles. The van der Waals surface area contributed by atoms with Crippen LogP contribution in [0, 0.1) is 0 Å². The summed E-state index contributed by atoms with van der Waals surface area (Å²) in [4.78, 5) is 11.0. The van der Waals surface area contributed by atoms with Gasteiger partial charge in [-0.2, -0.15) is 0 Å². The summed E-state index contributed by atoms with van der Waals surface area (Å²) in [5.74, 6) is 0. The van der Waals surface area contributed by atoms with Gasteiger partial charge in [0.15, 0.2) is 0 Å². The Bertz CT molecular complexity index is 140. The zero-order valence-electron chi connectivity index (χ0n) is 9.27. The van der Waals surface area contributed by atoms with Crippen molar-refractivity contribution in [1.82, 2.24) is 10.6 Å². The fourth-order valence-electron chi connectivity index (χ4n) is 0.924. The lowest BCUT2D eigenvalue weighted by Gasteiger charge is -2.06. The first kappa shape index (κ1) is 13.2. The SMILES string of the molecule is CCCNC(=O)NCCCOCCC. The largest absolute Gasteiger partial charge is 0.381 e. The second-order valence-electron chi connectivity index (χ2n) is 3.15. The van der Waals surface area contributed by atoms with E-state index >= 15 is 0 Å². The minimum atomic E-state index is -0.0812. The van der Waals surface area contributed by atoms with E-state index < -0.39 is 0 Å². The third kappa shape index (κ3) is 9.32. The number of nitrogens with one attached hydrogen (secondary N) is 2. The molecule has 0 heterocycles. The Morgan fingerprint density at radius 2 is 1.79 bits per heavy atom. The van der Waals surface area contributed by atoms with Crippen LogP contribution in [0.2, 0.25) is 0 Å². The maximum Gasteiger partial charge on any atom is 0.314 e. The zero-order valence-corrected chi connectivity index (χ0v) is 9.27. The summed E-state index contributed by atoms with van der Waals surface area (Å²) in [5.41, 5.74) is 0. The molecule has 0 saturated carbocycles. The van der Waals surface area contributed by atoms with E-state index in [0.29, 0.717) is 6.54 Å². The average molecular weight is 202 g/mol. The highest BCUT2D eigenvalue weighted by Crippen LogP contribution is 1.83. The Morgan fingerprint density at radius 3 is 2.43 bits per heavy atom. The monoisotopic (exact) mass is 202 g/mol. The molecule has 0 atom stereocenters. The van der Waals surface area contributed by atoms with Crippen molar-refractivity contribution >= 4 is 6.03 Å². The van der Waals surface area contributed by atoms with Crippen LogP contribution in [0.1, 0.15) is 33.1 Å². The van der Waals surface area contributed by atoms with Gasteiger partial charge in [0.2, 0.25) is 0 Å². The van der Waals surface area contributed by atoms with Gasteiger partial charge in [0, 0.05) is 26.3 Å². The molecule has 0 spiro atoms. The van der Waals surface area contributed by atoms with Crippen LogP contribution in [-0.2, 0) is 4.74 Å². The third-order valence-electron chi connectivity index (χ3n) is 1.64. The molecule has 0 aliphatic rings. The van der Waals surface area contributed by atoms with E-state index in [0.717, 1.165) is 39.0 Å². The van der Waals surface area contributed by atoms with E-state index in [1.54, 1.807) is 0 Å². The maximum atomic E-state index is 11.0. The van der Waals surface area contributed by atoms with Gasteiger partial charge in [0.25, 0.3) is 0 Å².